The third-order valence-electron chi connectivity index (χ3n) is 2.99. The van der Waals surface area contributed by atoms with Crippen molar-refractivity contribution in [1.82, 2.24) is 4.98 Å². The number of carbonyl (C=O) groups is 1. The zero-order valence-corrected chi connectivity index (χ0v) is 9.29. The van der Waals surface area contributed by atoms with Crippen molar-refractivity contribution < 1.29 is 9.53 Å². The van der Waals surface area contributed by atoms with Gasteiger partial charge in [0.2, 0.25) is 0 Å². The average Bonchev–Trinajstić information content (AvgIpc) is 2.93. The number of carbonyl (C=O) groups excluding carboxylic acids is 1. The summed E-state index contributed by atoms with van der Waals surface area (Å²) in [5, 5.41) is 0.969. The Morgan fingerprint density at radius 2 is 2.60 bits per heavy atom. The van der Waals surface area contributed by atoms with E-state index in [9.17, 15) is 4.79 Å². The molecule has 3 heterocycles. The van der Waals surface area contributed by atoms with E-state index in [0.29, 0.717) is 12.1 Å². The summed E-state index contributed by atoms with van der Waals surface area (Å²) in [5.41, 5.74) is 0. The molecular formula is C10H12N2O2S. The molecule has 2 aliphatic heterocycles. The van der Waals surface area contributed by atoms with Crippen molar-refractivity contribution in [2.45, 2.75) is 25.5 Å². The van der Waals surface area contributed by atoms with Gasteiger partial charge in [0.15, 0.2) is 10.9 Å². The molecule has 5 heteroatoms. The fourth-order valence-electron chi connectivity index (χ4n) is 2.19. The van der Waals surface area contributed by atoms with Crippen molar-refractivity contribution >= 4 is 22.3 Å². The highest BCUT2D eigenvalue weighted by atomic mass is 32.1. The van der Waals surface area contributed by atoms with E-state index in [1.807, 2.05) is 0 Å². The van der Waals surface area contributed by atoms with Gasteiger partial charge in [0.25, 0.3) is 0 Å². The van der Waals surface area contributed by atoms with Crippen LogP contribution >= 0.6 is 11.3 Å². The Morgan fingerprint density at radius 1 is 1.73 bits per heavy atom. The van der Waals surface area contributed by atoms with E-state index in [0.717, 1.165) is 29.6 Å². The topological polar surface area (TPSA) is 42.4 Å². The van der Waals surface area contributed by atoms with Crippen LogP contribution in [-0.4, -0.2) is 36.1 Å². The number of hydrogen-bond acceptors (Lipinski definition) is 5. The lowest BCUT2D eigenvalue weighted by Crippen LogP contribution is -2.36. The molecule has 2 unspecified atom stereocenters. The van der Waals surface area contributed by atoms with Crippen LogP contribution < -0.4 is 4.90 Å². The summed E-state index contributed by atoms with van der Waals surface area (Å²) in [6, 6.07) is 0.473. The normalized spacial score (nSPS) is 28.7. The molecule has 0 aliphatic carbocycles. The van der Waals surface area contributed by atoms with Crippen LogP contribution in [0.2, 0.25) is 0 Å². The van der Waals surface area contributed by atoms with Crippen molar-refractivity contribution in [2.24, 2.45) is 0 Å². The molecule has 2 atom stereocenters. The monoisotopic (exact) mass is 224 g/mol. The summed E-state index contributed by atoms with van der Waals surface area (Å²) in [6.07, 6.45) is 3.16. The van der Waals surface area contributed by atoms with Gasteiger partial charge in [-0.15, -0.1) is 0 Å². The Kier molecular flexibility index (Phi) is 2.03. The minimum absolute atomic E-state index is 0.0966. The molecule has 0 aromatic carbocycles. The van der Waals surface area contributed by atoms with Crippen LogP contribution in [0.3, 0.4) is 0 Å². The molecule has 0 amide bonds. The highest BCUT2D eigenvalue weighted by molar-refractivity contribution is 7.17. The number of fused-ring (bicyclic) bond motifs is 2. The van der Waals surface area contributed by atoms with Gasteiger partial charge in [0.05, 0.1) is 29.8 Å². The maximum Gasteiger partial charge on any atom is 0.186 e. The number of ketones is 1. The highest BCUT2D eigenvalue weighted by Gasteiger charge is 2.40. The van der Waals surface area contributed by atoms with Crippen LogP contribution in [0.4, 0.5) is 5.13 Å². The Hall–Kier alpha value is -0.940. The molecular weight excluding hydrogens is 212 g/mol. The standard InChI is InChI=1S/C10H12N2O2S/c1-6(13)9-3-11-10(15-9)12-4-8-2-7(12)5-14-8/h3,7-8H,2,4-5H2,1H3. The number of rotatable bonds is 2. The molecule has 2 aliphatic rings. The second-order valence-corrected chi connectivity index (χ2v) is 5.07. The molecule has 2 saturated heterocycles. The van der Waals surface area contributed by atoms with E-state index < -0.39 is 0 Å². The Bertz CT molecular complexity index is 404. The van der Waals surface area contributed by atoms with Gasteiger partial charge in [-0.25, -0.2) is 4.98 Å². The van der Waals surface area contributed by atoms with Gasteiger partial charge < -0.3 is 9.64 Å². The van der Waals surface area contributed by atoms with Crippen molar-refractivity contribution in [3.8, 4) is 0 Å². The second kappa shape index (κ2) is 3.28. The van der Waals surface area contributed by atoms with E-state index in [1.165, 1.54) is 11.3 Å². The number of hydrogen-bond donors (Lipinski definition) is 0. The summed E-state index contributed by atoms with van der Waals surface area (Å²) in [5.74, 6) is 0.0966. The van der Waals surface area contributed by atoms with Crippen LogP contribution in [0.25, 0.3) is 0 Å². The van der Waals surface area contributed by atoms with Crippen molar-refractivity contribution in [2.75, 3.05) is 18.1 Å². The molecule has 0 saturated carbocycles. The van der Waals surface area contributed by atoms with Gasteiger partial charge in [-0.1, -0.05) is 11.3 Å². The molecule has 2 fully saturated rings. The molecule has 0 spiro atoms. The highest BCUT2D eigenvalue weighted by Crippen LogP contribution is 2.34. The van der Waals surface area contributed by atoms with Crippen molar-refractivity contribution in [1.29, 1.82) is 0 Å². The molecule has 2 bridgehead atoms. The van der Waals surface area contributed by atoms with E-state index in [2.05, 4.69) is 9.88 Å². The summed E-state index contributed by atoms with van der Waals surface area (Å²) in [6.45, 7) is 3.31. The smallest absolute Gasteiger partial charge is 0.186 e. The molecule has 0 N–H and O–H groups in total. The van der Waals surface area contributed by atoms with Crippen LogP contribution in [0.1, 0.15) is 23.0 Å². The number of anilines is 1. The lowest BCUT2D eigenvalue weighted by Gasteiger charge is -2.25. The van der Waals surface area contributed by atoms with Gasteiger partial charge >= 0.3 is 0 Å². The second-order valence-electron chi connectivity index (χ2n) is 4.06. The van der Waals surface area contributed by atoms with Crippen LogP contribution in [0.15, 0.2) is 6.20 Å². The van der Waals surface area contributed by atoms with Gasteiger partial charge in [-0.3, -0.25) is 4.79 Å². The van der Waals surface area contributed by atoms with Crippen molar-refractivity contribution in [3.05, 3.63) is 11.1 Å². The number of thiazole rings is 1. The van der Waals surface area contributed by atoms with Gasteiger partial charge in [0.1, 0.15) is 0 Å². The fraction of sp³-hybridized carbons (Fsp3) is 0.600. The fourth-order valence-corrected chi connectivity index (χ4v) is 3.09. The summed E-state index contributed by atoms with van der Waals surface area (Å²) in [7, 11) is 0. The predicted molar refractivity (Wildman–Crippen MR) is 57.6 cm³/mol. The predicted octanol–water partition coefficient (Wildman–Crippen LogP) is 1.32. The van der Waals surface area contributed by atoms with E-state index in [-0.39, 0.29) is 5.78 Å². The zero-order valence-electron chi connectivity index (χ0n) is 8.47. The maximum atomic E-state index is 11.2. The molecule has 80 valence electrons. The molecule has 0 radical (unpaired) electrons. The van der Waals surface area contributed by atoms with Crippen LogP contribution in [-0.2, 0) is 4.74 Å². The number of nitrogens with zero attached hydrogens (tertiary/aromatic N) is 2. The van der Waals surface area contributed by atoms with Gasteiger partial charge in [-0.05, 0) is 6.42 Å². The SMILES string of the molecule is CC(=O)c1cnc(N2CC3CC2CO3)s1. The largest absolute Gasteiger partial charge is 0.374 e. The Labute approximate surface area is 91.9 Å². The Balaban J connectivity index is 1.84. The zero-order chi connectivity index (χ0) is 10.4. The summed E-state index contributed by atoms with van der Waals surface area (Å²) >= 11 is 1.49. The first-order valence-corrected chi connectivity index (χ1v) is 5.90. The van der Waals surface area contributed by atoms with Crippen LogP contribution in [0.5, 0.6) is 0 Å². The lowest BCUT2D eigenvalue weighted by molar-refractivity contribution is 0.0991. The lowest BCUT2D eigenvalue weighted by atomic mass is 10.2. The first kappa shape index (κ1) is 9.30. The number of morpholine rings is 1. The van der Waals surface area contributed by atoms with E-state index >= 15 is 0 Å². The number of ether oxygens (including phenoxy) is 1. The van der Waals surface area contributed by atoms with E-state index in [4.69, 9.17) is 4.74 Å². The Morgan fingerprint density at radius 3 is 3.13 bits per heavy atom. The minimum atomic E-state index is 0.0966. The molecule has 3 rings (SSSR count). The maximum absolute atomic E-state index is 11.2. The summed E-state index contributed by atoms with van der Waals surface area (Å²) < 4.78 is 5.53. The third-order valence-corrected chi connectivity index (χ3v) is 4.12. The summed E-state index contributed by atoms with van der Waals surface area (Å²) in [4.78, 5) is 18.5. The quantitative estimate of drug-likeness (QED) is 0.711. The molecule has 1 aromatic heterocycles. The third kappa shape index (κ3) is 1.46. The van der Waals surface area contributed by atoms with Gasteiger partial charge in [-0.2, -0.15) is 0 Å². The first-order valence-electron chi connectivity index (χ1n) is 5.09. The van der Waals surface area contributed by atoms with Crippen molar-refractivity contribution in [3.63, 3.8) is 0 Å². The van der Waals surface area contributed by atoms with Crippen LogP contribution in [0, 0.1) is 0 Å². The first-order chi connectivity index (χ1) is 7.24. The molecule has 1 aromatic rings. The number of aromatic nitrogens is 1. The average molecular weight is 224 g/mol. The van der Waals surface area contributed by atoms with Gasteiger partial charge in [0, 0.05) is 13.5 Å². The van der Waals surface area contributed by atoms with E-state index in [1.54, 1.807) is 13.1 Å². The minimum Gasteiger partial charge on any atom is -0.374 e. The molecule has 4 nitrogen and oxygen atoms in total. The molecule has 15 heavy (non-hydrogen) atoms. The number of Topliss-reactive ketones (excluding diaryl/α,β-unsaturated/α-hetero) is 1.